The van der Waals surface area contributed by atoms with Crippen LogP contribution in [0.4, 0.5) is 0 Å². The van der Waals surface area contributed by atoms with Crippen LogP contribution >= 0.6 is 0 Å². The maximum absolute atomic E-state index is 13.0. The molecule has 1 N–H and O–H groups in total. The van der Waals surface area contributed by atoms with Gasteiger partial charge in [0, 0.05) is 32.6 Å². The summed E-state index contributed by atoms with van der Waals surface area (Å²) in [4.78, 5) is 14.9. The molecule has 1 unspecified atom stereocenters. The number of likely N-dealkylation sites (tertiary alicyclic amines) is 1. The minimum Gasteiger partial charge on any atom is -0.364 e. The lowest BCUT2D eigenvalue weighted by Gasteiger charge is -2.32. The molecule has 0 radical (unpaired) electrons. The molecule has 0 aromatic heterocycles. The predicted molar refractivity (Wildman–Crippen MR) is 96.4 cm³/mol. The number of hydrogen-bond donors (Lipinski definition) is 1. The standard InChI is InChI=1S/C18H25N3O4S/c1-19-26(23,24)21-9-6-14(7-10-21)17(22)20-11-8-18(13-20)16-5-3-2-4-15(16)12-25-18/h2-5,14,19H,6-13H2,1H3. The highest BCUT2D eigenvalue weighted by Crippen LogP contribution is 2.43. The Balaban J connectivity index is 1.41. The summed E-state index contributed by atoms with van der Waals surface area (Å²) in [6, 6.07) is 8.24. The van der Waals surface area contributed by atoms with Gasteiger partial charge in [-0.15, -0.1) is 0 Å². The molecule has 0 saturated carbocycles. The Morgan fingerprint density at radius 1 is 1.23 bits per heavy atom. The van der Waals surface area contributed by atoms with Crippen molar-refractivity contribution in [3.63, 3.8) is 0 Å². The third-order valence-corrected chi connectivity index (χ3v) is 7.52. The van der Waals surface area contributed by atoms with Crippen LogP contribution in [0.1, 0.15) is 30.4 Å². The van der Waals surface area contributed by atoms with Crippen LogP contribution in [-0.2, 0) is 31.9 Å². The highest BCUT2D eigenvalue weighted by molar-refractivity contribution is 7.87. The van der Waals surface area contributed by atoms with Crippen molar-refractivity contribution in [3.8, 4) is 0 Å². The van der Waals surface area contributed by atoms with Crippen LogP contribution in [0.2, 0.25) is 0 Å². The minimum absolute atomic E-state index is 0.106. The van der Waals surface area contributed by atoms with E-state index >= 15 is 0 Å². The average molecular weight is 379 g/mol. The van der Waals surface area contributed by atoms with Crippen molar-refractivity contribution in [2.75, 3.05) is 33.2 Å². The second-order valence-electron chi connectivity index (χ2n) is 7.33. The van der Waals surface area contributed by atoms with Crippen LogP contribution in [-0.4, -0.2) is 56.8 Å². The van der Waals surface area contributed by atoms with E-state index in [1.54, 1.807) is 0 Å². The number of nitrogens with one attached hydrogen (secondary N) is 1. The van der Waals surface area contributed by atoms with Crippen LogP contribution in [0.3, 0.4) is 0 Å². The van der Waals surface area contributed by atoms with Gasteiger partial charge in [-0.2, -0.15) is 12.7 Å². The lowest BCUT2D eigenvalue weighted by atomic mass is 9.91. The number of rotatable bonds is 3. The van der Waals surface area contributed by atoms with Gasteiger partial charge in [0.05, 0.1) is 13.2 Å². The van der Waals surface area contributed by atoms with Gasteiger partial charge in [0.1, 0.15) is 5.60 Å². The zero-order valence-electron chi connectivity index (χ0n) is 15.0. The molecule has 3 aliphatic rings. The molecule has 26 heavy (non-hydrogen) atoms. The molecule has 142 valence electrons. The minimum atomic E-state index is -3.40. The summed E-state index contributed by atoms with van der Waals surface area (Å²) in [5, 5.41) is 0. The Kier molecular flexibility index (Phi) is 4.54. The van der Waals surface area contributed by atoms with E-state index in [4.69, 9.17) is 4.74 Å². The number of benzene rings is 1. The molecule has 1 atom stereocenters. The number of ether oxygens (including phenoxy) is 1. The molecule has 0 bridgehead atoms. The molecule has 8 heteroatoms. The van der Waals surface area contributed by atoms with Crippen LogP contribution in [0.15, 0.2) is 24.3 Å². The van der Waals surface area contributed by atoms with E-state index in [1.807, 2.05) is 17.0 Å². The molecule has 1 aromatic carbocycles. The first-order chi connectivity index (χ1) is 12.5. The van der Waals surface area contributed by atoms with Gasteiger partial charge in [0.15, 0.2) is 0 Å². The normalized spacial score (nSPS) is 27.2. The van der Waals surface area contributed by atoms with Gasteiger partial charge in [-0.05, 0) is 30.4 Å². The van der Waals surface area contributed by atoms with Crippen molar-refractivity contribution in [1.29, 1.82) is 0 Å². The predicted octanol–water partition coefficient (Wildman–Crippen LogP) is 0.821. The Bertz CT molecular complexity index is 804. The van der Waals surface area contributed by atoms with Crippen LogP contribution in [0.25, 0.3) is 0 Å². The number of carbonyl (C=O) groups is 1. The highest BCUT2D eigenvalue weighted by atomic mass is 32.2. The van der Waals surface area contributed by atoms with Gasteiger partial charge in [-0.1, -0.05) is 24.3 Å². The summed E-state index contributed by atoms with van der Waals surface area (Å²) < 4.78 is 33.6. The number of amides is 1. The molecule has 2 fully saturated rings. The average Bonchev–Trinajstić information content (AvgIpc) is 3.27. The number of carbonyl (C=O) groups excluding carboxylic acids is 1. The molecule has 7 nitrogen and oxygen atoms in total. The largest absolute Gasteiger partial charge is 0.364 e. The Labute approximate surface area is 154 Å². The van der Waals surface area contributed by atoms with Crippen LogP contribution in [0.5, 0.6) is 0 Å². The fraction of sp³-hybridized carbons (Fsp3) is 0.611. The molecule has 3 aliphatic heterocycles. The molecular weight excluding hydrogens is 354 g/mol. The molecule has 0 aliphatic carbocycles. The van der Waals surface area contributed by atoms with Gasteiger partial charge in [0.2, 0.25) is 5.91 Å². The Morgan fingerprint density at radius 3 is 2.69 bits per heavy atom. The molecule has 4 rings (SSSR count). The van der Waals surface area contributed by atoms with Gasteiger partial charge < -0.3 is 9.64 Å². The summed E-state index contributed by atoms with van der Waals surface area (Å²) in [7, 11) is -1.99. The second-order valence-corrected chi connectivity index (χ2v) is 9.21. The summed E-state index contributed by atoms with van der Waals surface area (Å²) in [5.41, 5.74) is 2.07. The molecule has 1 aromatic rings. The molecular formula is C18H25N3O4S. The second kappa shape index (κ2) is 6.60. The van der Waals surface area contributed by atoms with E-state index in [-0.39, 0.29) is 17.4 Å². The van der Waals surface area contributed by atoms with Crippen molar-refractivity contribution in [2.45, 2.75) is 31.5 Å². The van der Waals surface area contributed by atoms with E-state index in [0.29, 0.717) is 45.6 Å². The number of piperidine rings is 1. The lowest BCUT2D eigenvalue weighted by Crippen LogP contribution is -2.47. The highest BCUT2D eigenvalue weighted by Gasteiger charge is 2.47. The summed E-state index contributed by atoms with van der Waals surface area (Å²) in [6.45, 7) is 2.67. The first kappa shape index (κ1) is 17.9. The van der Waals surface area contributed by atoms with Crippen molar-refractivity contribution >= 4 is 16.1 Å². The summed E-state index contributed by atoms with van der Waals surface area (Å²) >= 11 is 0. The molecule has 3 heterocycles. The van der Waals surface area contributed by atoms with E-state index in [0.717, 1.165) is 6.42 Å². The lowest BCUT2D eigenvalue weighted by molar-refractivity contribution is -0.137. The van der Waals surface area contributed by atoms with E-state index in [9.17, 15) is 13.2 Å². The fourth-order valence-electron chi connectivity index (χ4n) is 4.42. The van der Waals surface area contributed by atoms with Gasteiger partial charge in [0.25, 0.3) is 10.2 Å². The molecule has 1 spiro atoms. The van der Waals surface area contributed by atoms with Crippen molar-refractivity contribution < 1.29 is 17.9 Å². The summed E-state index contributed by atoms with van der Waals surface area (Å²) in [6.07, 6.45) is 1.96. The molecule has 2 saturated heterocycles. The smallest absolute Gasteiger partial charge is 0.279 e. The van der Waals surface area contributed by atoms with E-state index in [1.165, 1.54) is 22.5 Å². The quantitative estimate of drug-likeness (QED) is 0.843. The van der Waals surface area contributed by atoms with Crippen molar-refractivity contribution in [1.82, 2.24) is 13.9 Å². The third kappa shape index (κ3) is 2.94. The number of nitrogens with zero attached hydrogens (tertiary/aromatic N) is 2. The third-order valence-electron chi connectivity index (χ3n) is 5.96. The maximum atomic E-state index is 13.0. The van der Waals surface area contributed by atoms with Crippen molar-refractivity contribution in [3.05, 3.63) is 35.4 Å². The SMILES string of the molecule is CNS(=O)(=O)N1CCC(C(=O)N2CCC3(C2)OCc2ccccc23)CC1. The number of hydrogen-bond acceptors (Lipinski definition) is 4. The van der Waals surface area contributed by atoms with E-state index in [2.05, 4.69) is 16.9 Å². The monoisotopic (exact) mass is 379 g/mol. The molecule has 1 amide bonds. The van der Waals surface area contributed by atoms with Gasteiger partial charge in [-0.3, -0.25) is 4.79 Å². The van der Waals surface area contributed by atoms with Crippen LogP contribution < -0.4 is 4.72 Å². The van der Waals surface area contributed by atoms with Gasteiger partial charge in [-0.25, -0.2) is 4.72 Å². The maximum Gasteiger partial charge on any atom is 0.279 e. The topological polar surface area (TPSA) is 79.0 Å². The Morgan fingerprint density at radius 2 is 1.96 bits per heavy atom. The zero-order chi connectivity index (χ0) is 18.4. The Hall–Kier alpha value is -1.48. The van der Waals surface area contributed by atoms with E-state index < -0.39 is 10.2 Å². The fourth-order valence-corrected chi connectivity index (χ4v) is 5.37. The first-order valence-electron chi connectivity index (χ1n) is 9.15. The van der Waals surface area contributed by atoms with Crippen molar-refractivity contribution in [2.24, 2.45) is 5.92 Å². The zero-order valence-corrected chi connectivity index (χ0v) is 15.8. The van der Waals surface area contributed by atoms with Crippen LogP contribution in [0, 0.1) is 5.92 Å². The first-order valence-corrected chi connectivity index (χ1v) is 10.6. The van der Waals surface area contributed by atoms with Gasteiger partial charge >= 0.3 is 0 Å². The summed E-state index contributed by atoms with van der Waals surface area (Å²) in [5.74, 6) is 0.0291. The number of fused-ring (bicyclic) bond motifs is 2.